The molecule has 0 aromatic heterocycles. The van der Waals surface area contributed by atoms with Gasteiger partial charge < -0.3 is 4.74 Å². The fourth-order valence-electron chi connectivity index (χ4n) is 1.08. The van der Waals surface area contributed by atoms with Gasteiger partial charge in [-0.3, -0.25) is 0 Å². The van der Waals surface area contributed by atoms with Crippen LogP contribution >= 0.6 is 0 Å². The third-order valence-electron chi connectivity index (χ3n) is 1.96. The Bertz CT molecular complexity index is 243. The normalized spacial score (nSPS) is 9.73. The second-order valence-electron chi connectivity index (χ2n) is 3.29. The van der Waals surface area contributed by atoms with Crippen molar-refractivity contribution in [1.82, 2.24) is 0 Å². The number of esters is 1. The number of carbonyl (C=O) groups excluding carboxylic acids is 1. The van der Waals surface area contributed by atoms with E-state index in [1.54, 1.807) is 6.08 Å². The van der Waals surface area contributed by atoms with Crippen molar-refractivity contribution >= 4 is 5.97 Å². The highest BCUT2D eigenvalue weighted by Crippen LogP contribution is 2.00. The molecule has 0 radical (unpaired) electrons. The molecule has 84 valence electrons. The Balaban J connectivity index is 3.38. The zero-order valence-corrected chi connectivity index (χ0v) is 9.71. The predicted molar refractivity (Wildman–Crippen MR) is 62.3 cm³/mol. The van der Waals surface area contributed by atoms with Crippen molar-refractivity contribution in [3.63, 3.8) is 0 Å². The van der Waals surface area contributed by atoms with Gasteiger partial charge in [-0.1, -0.05) is 38.2 Å². The van der Waals surface area contributed by atoms with Crippen molar-refractivity contribution in [2.45, 2.75) is 45.4 Å². The minimum Gasteiger partial charge on any atom is -0.466 e. The summed E-state index contributed by atoms with van der Waals surface area (Å²) in [5, 5.41) is 0. The number of hydrogen-bond acceptors (Lipinski definition) is 2. The highest BCUT2D eigenvalue weighted by molar-refractivity contribution is 5.81. The molecule has 0 amide bonds. The number of ether oxygens (including phenoxy) is 1. The van der Waals surface area contributed by atoms with E-state index in [1.807, 2.05) is 0 Å². The predicted octanol–water partition coefficient (Wildman–Crippen LogP) is 3.08. The van der Waals surface area contributed by atoms with E-state index in [1.165, 1.54) is 38.9 Å². The summed E-state index contributed by atoms with van der Waals surface area (Å²) >= 11 is 0. The molecule has 0 aliphatic rings. The first-order valence-electron chi connectivity index (χ1n) is 5.51. The fraction of sp³-hybridized carbons (Fsp3) is 0.615. The molecule has 0 atom stereocenters. The maximum atomic E-state index is 10.7. The van der Waals surface area contributed by atoms with Crippen LogP contribution in [0, 0.1) is 11.8 Å². The van der Waals surface area contributed by atoms with E-state index in [0.717, 1.165) is 6.42 Å². The topological polar surface area (TPSA) is 26.3 Å². The van der Waals surface area contributed by atoms with Crippen LogP contribution in [-0.4, -0.2) is 13.1 Å². The van der Waals surface area contributed by atoms with Gasteiger partial charge in [-0.15, -0.1) is 5.92 Å². The third kappa shape index (κ3) is 10.7. The Morgan fingerprint density at radius 2 is 2.07 bits per heavy atom. The maximum absolute atomic E-state index is 10.7. The van der Waals surface area contributed by atoms with Crippen LogP contribution < -0.4 is 0 Å². The number of rotatable bonds is 6. The molecule has 0 saturated heterocycles. The van der Waals surface area contributed by atoms with Gasteiger partial charge in [0.2, 0.25) is 0 Å². The first kappa shape index (κ1) is 13.8. The summed E-state index contributed by atoms with van der Waals surface area (Å²) in [6.07, 6.45) is 9.73. The minimum atomic E-state index is -0.320. The standard InChI is InChI=1S/C13H20O2/c1-3-4-5-6-7-8-9-10-11-12-13(14)15-2/h11-12H,3-7,10H2,1-2H3/b12-11+. The Morgan fingerprint density at radius 1 is 1.27 bits per heavy atom. The molecule has 0 unspecified atom stereocenters. The second-order valence-corrected chi connectivity index (χ2v) is 3.29. The van der Waals surface area contributed by atoms with Gasteiger partial charge in [-0.2, -0.15) is 0 Å². The molecule has 0 aromatic carbocycles. The molecule has 15 heavy (non-hydrogen) atoms. The van der Waals surface area contributed by atoms with Crippen LogP contribution in [0.1, 0.15) is 45.4 Å². The lowest BCUT2D eigenvalue weighted by Crippen LogP contribution is -1.92. The average molecular weight is 208 g/mol. The SMILES string of the molecule is CCCCCCC#CC/C=C/C(=O)OC. The van der Waals surface area contributed by atoms with Crippen molar-refractivity contribution < 1.29 is 9.53 Å². The molecule has 0 aliphatic heterocycles. The van der Waals surface area contributed by atoms with Crippen LogP contribution in [0.2, 0.25) is 0 Å². The van der Waals surface area contributed by atoms with E-state index in [9.17, 15) is 4.79 Å². The number of allylic oxidation sites excluding steroid dienone is 1. The highest BCUT2D eigenvalue weighted by Gasteiger charge is 1.87. The lowest BCUT2D eigenvalue weighted by atomic mass is 10.1. The summed E-state index contributed by atoms with van der Waals surface area (Å²) in [5.74, 6) is 5.76. The van der Waals surface area contributed by atoms with E-state index < -0.39 is 0 Å². The first-order valence-corrected chi connectivity index (χ1v) is 5.51. The lowest BCUT2D eigenvalue weighted by molar-refractivity contribution is -0.134. The molecule has 0 N–H and O–H groups in total. The molecule has 0 bridgehead atoms. The van der Waals surface area contributed by atoms with Gasteiger partial charge in [0.05, 0.1) is 7.11 Å². The Morgan fingerprint density at radius 3 is 2.73 bits per heavy atom. The zero-order chi connectivity index (χ0) is 11.4. The third-order valence-corrected chi connectivity index (χ3v) is 1.96. The molecular weight excluding hydrogens is 188 g/mol. The van der Waals surface area contributed by atoms with Gasteiger partial charge in [-0.25, -0.2) is 4.79 Å². The first-order chi connectivity index (χ1) is 7.31. The second kappa shape index (κ2) is 10.8. The highest BCUT2D eigenvalue weighted by atomic mass is 16.5. The van der Waals surface area contributed by atoms with Crippen molar-refractivity contribution in [1.29, 1.82) is 0 Å². The smallest absolute Gasteiger partial charge is 0.330 e. The van der Waals surface area contributed by atoms with Crippen LogP contribution in [0.3, 0.4) is 0 Å². The van der Waals surface area contributed by atoms with Crippen molar-refractivity contribution in [3.8, 4) is 11.8 Å². The molecule has 0 spiro atoms. The van der Waals surface area contributed by atoms with E-state index in [-0.39, 0.29) is 5.97 Å². The molecule has 0 heterocycles. The number of carbonyl (C=O) groups is 1. The summed E-state index contributed by atoms with van der Waals surface area (Å²) in [4.78, 5) is 10.7. The monoisotopic (exact) mass is 208 g/mol. The Kier molecular flexibility index (Phi) is 9.96. The Hall–Kier alpha value is -1.23. The molecule has 2 heteroatoms. The minimum absolute atomic E-state index is 0.320. The van der Waals surface area contributed by atoms with Gasteiger partial charge in [0.15, 0.2) is 0 Å². The van der Waals surface area contributed by atoms with Gasteiger partial charge in [0.25, 0.3) is 0 Å². The van der Waals surface area contributed by atoms with Gasteiger partial charge in [0.1, 0.15) is 0 Å². The number of methoxy groups -OCH3 is 1. The molecule has 0 aliphatic carbocycles. The van der Waals surface area contributed by atoms with E-state index >= 15 is 0 Å². The summed E-state index contributed by atoms with van der Waals surface area (Å²) < 4.78 is 4.45. The van der Waals surface area contributed by atoms with Crippen molar-refractivity contribution in [2.75, 3.05) is 7.11 Å². The lowest BCUT2D eigenvalue weighted by Gasteiger charge is -1.91. The summed E-state index contributed by atoms with van der Waals surface area (Å²) in [7, 11) is 1.37. The largest absolute Gasteiger partial charge is 0.466 e. The van der Waals surface area contributed by atoms with Crippen LogP contribution in [0.25, 0.3) is 0 Å². The molecule has 0 fully saturated rings. The quantitative estimate of drug-likeness (QED) is 0.290. The molecular formula is C13H20O2. The van der Waals surface area contributed by atoms with Gasteiger partial charge in [0, 0.05) is 18.9 Å². The fourth-order valence-corrected chi connectivity index (χ4v) is 1.08. The van der Waals surface area contributed by atoms with Crippen LogP contribution in [0.15, 0.2) is 12.2 Å². The Labute approximate surface area is 92.7 Å². The van der Waals surface area contributed by atoms with Crippen LogP contribution in [-0.2, 0) is 9.53 Å². The average Bonchev–Trinajstić information content (AvgIpc) is 2.26. The number of unbranched alkanes of at least 4 members (excludes halogenated alkanes) is 4. The van der Waals surface area contributed by atoms with E-state index in [4.69, 9.17) is 0 Å². The van der Waals surface area contributed by atoms with Crippen LogP contribution in [0.5, 0.6) is 0 Å². The molecule has 0 aromatic rings. The molecule has 0 saturated carbocycles. The summed E-state index contributed by atoms with van der Waals surface area (Å²) in [5.41, 5.74) is 0. The maximum Gasteiger partial charge on any atom is 0.330 e. The van der Waals surface area contributed by atoms with E-state index in [0.29, 0.717) is 6.42 Å². The van der Waals surface area contributed by atoms with Crippen LogP contribution in [0.4, 0.5) is 0 Å². The molecule has 0 rings (SSSR count). The summed E-state index contributed by atoms with van der Waals surface area (Å²) in [6, 6.07) is 0. The van der Waals surface area contributed by atoms with Crippen molar-refractivity contribution in [2.24, 2.45) is 0 Å². The zero-order valence-electron chi connectivity index (χ0n) is 9.71. The number of hydrogen-bond donors (Lipinski definition) is 0. The van der Waals surface area contributed by atoms with Gasteiger partial charge in [-0.05, 0) is 6.42 Å². The molecule has 2 nitrogen and oxygen atoms in total. The van der Waals surface area contributed by atoms with Gasteiger partial charge >= 0.3 is 5.97 Å². The summed E-state index contributed by atoms with van der Waals surface area (Å²) in [6.45, 7) is 2.20. The van der Waals surface area contributed by atoms with Crippen molar-refractivity contribution in [3.05, 3.63) is 12.2 Å². The van der Waals surface area contributed by atoms with E-state index in [2.05, 4.69) is 23.5 Å².